The van der Waals surface area contributed by atoms with Gasteiger partial charge in [0.2, 0.25) is 0 Å². The zero-order valence-electron chi connectivity index (χ0n) is 20.9. The number of anilines is 2. The highest BCUT2D eigenvalue weighted by Crippen LogP contribution is 2.44. The molecule has 0 spiro atoms. The van der Waals surface area contributed by atoms with Gasteiger partial charge in [0.25, 0.3) is 0 Å². The molecule has 1 aliphatic carbocycles. The first-order valence-electron chi connectivity index (χ1n) is 12.8. The number of aromatic amines is 1. The Kier molecular flexibility index (Phi) is 6.15. The highest BCUT2D eigenvalue weighted by molar-refractivity contribution is 6.27. The van der Waals surface area contributed by atoms with Gasteiger partial charge < -0.3 is 20.7 Å². The molecule has 2 amide bonds. The molecule has 3 aromatic rings. The van der Waals surface area contributed by atoms with Crippen LogP contribution in [-0.4, -0.2) is 79.5 Å². The predicted molar refractivity (Wildman–Crippen MR) is 142 cm³/mol. The normalized spacial score (nSPS) is 19.2. The molecule has 2 fully saturated rings. The van der Waals surface area contributed by atoms with Gasteiger partial charge in [-0.3, -0.25) is 9.89 Å². The van der Waals surface area contributed by atoms with E-state index in [1.165, 1.54) is 5.01 Å². The topological polar surface area (TPSA) is 120 Å². The van der Waals surface area contributed by atoms with E-state index in [0.717, 1.165) is 55.8 Å². The highest BCUT2D eigenvalue weighted by Gasteiger charge is 2.39. The maximum absolute atomic E-state index is 13.9. The SMILES string of the molecule is COC[C@H]1CCCN1N(C(N)=O)c1cccc2c1C(=O)c1c(-c3ccc(N4CCNCC4)cc3)n[nH]c1-2. The molecule has 0 radical (unpaired) electrons. The standard InChI is InChI=1S/C27H31N7O3/c1-37-16-19-4-3-13-33(19)34(27(28)36)21-6-2-5-20-22(21)26(35)23-24(30-31-25(20)23)17-7-9-18(10-8-17)32-14-11-29-12-15-32/h2,5-10,19,29H,3-4,11-16H2,1H3,(H2,28,36)(H,30,31)/t19-/m1/s1. The van der Waals surface area contributed by atoms with Crippen LogP contribution in [0.15, 0.2) is 42.5 Å². The van der Waals surface area contributed by atoms with Crippen molar-refractivity contribution in [3.63, 3.8) is 0 Å². The Labute approximate surface area is 215 Å². The fourth-order valence-corrected chi connectivity index (χ4v) is 5.84. The van der Waals surface area contributed by atoms with Crippen LogP contribution >= 0.6 is 0 Å². The van der Waals surface area contributed by atoms with Gasteiger partial charge in [0.15, 0.2) is 5.78 Å². The van der Waals surface area contributed by atoms with Crippen LogP contribution in [0, 0.1) is 0 Å². The summed E-state index contributed by atoms with van der Waals surface area (Å²) in [6.07, 6.45) is 1.80. The molecule has 1 atom stereocenters. The summed E-state index contributed by atoms with van der Waals surface area (Å²) in [6.45, 7) is 5.00. The smallest absolute Gasteiger partial charge is 0.334 e. The summed E-state index contributed by atoms with van der Waals surface area (Å²) in [5.74, 6) is -0.163. The molecule has 4 N–H and O–H groups in total. The maximum Gasteiger partial charge on any atom is 0.334 e. The zero-order chi connectivity index (χ0) is 25.5. The molecule has 192 valence electrons. The van der Waals surface area contributed by atoms with Gasteiger partial charge in [0, 0.05) is 56.6 Å². The van der Waals surface area contributed by atoms with Crippen molar-refractivity contribution in [2.24, 2.45) is 5.73 Å². The number of benzene rings is 2. The summed E-state index contributed by atoms with van der Waals surface area (Å²) in [5.41, 5.74) is 11.4. The van der Waals surface area contributed by atoms with Crippen molar-refractivity contribution in [1.29, 1.82) is 0 Å². The van der Waals surface area contributed by atoms with Crippen LogP contribution in [-0.2, 0) is 4.74 Å². The second kappa shape index (κ2) is 9.62. The number of hydrazine groups is 1. The van der Waals surface area contributed by atoms with Crippen LogP contribution < -0.4 is 21.0 Å². The van der Waals surface area contributed by atoms with Gasteiger partial charge >= 0.3 is 6.03 Å². The fraction of sp³-hybridized carbons (Fsp3) is 0.370. The number of aromatic nitrogens is 2. The molecule has 10 heteroatoms. The third kappa shape index (κ3) is 3.97. The van der Waals surface area contributed by atoms with Gasteiger partial charge in [0.05, 0.1) is 35.2 Å². The monoisotopic (exact) mass is 501 g/mol. The number of piperazine rings is 1. The number of methoxy groups -OCH3 is 1. The molecule has 3 heterocycles. The highest BCUT2D eigenvalue weighted by atomic mass is 16.5. The number of amides is 2. The Hall–Kier alpha value is -3.73. The summed E-state index contributed by atoms with van der Waals surface area (Å²) in [4.78, 5) is 29.0. The number of carbonyl (C=O) groups excluding carboxylic acids is 2. The molecule has 2 saturated heterocycles. The molecule has 6 rings (SSSR count). The number of ketones is 1. The third-order valence-electron chi connectivity index (χ3n) is 7.55. The fourth-order valence-electron chi connectivity index (χ4n) is 5.84. The first kappa shape index (κ1) is 23.7. The number of fused-ring (bicyclic) bond motifs is 3. The minimum Gasteiger partial charge on any atom is -0.383 e. The number of ether oxygens (including phenoxy) is 1. The van der Waals surface area contributed by atoms with Crippen LogP contribution in [0.4, 0.5) is 16.2 Å². The number of primary amides is 1. The van der Waals surface area contributed by atoms with E-state index in [1.807, 2.05) is 29.3 Å². The molecule has 1 aromatic heterocycles. The largest absolute Gasteiger partial charge is 0.383 e. The number of hydrogen-bond donors (Lipinski definition) is 3. The van der Waals surface area contributed by atoms with Crippen LogP contribution in [0.25, 0.3) is 22.5 Å². The lowest BCUT2D eigenvalue weighted by Gasteiger charge is -2.35. The summed E-state index contributed by atoms with van der Waals surface area (Å²) >= 11 is 0. The van der Waals surface area contributed by atoms with Crippen molar-refractivity contribution in [2.45, 2.75) is 18.9 Å². The number of hydrogen-bond acceptors (Lipinski definition) is 7. The van der Waals surface area contributed by atoms with E-state index >= 15 is 0 Å². The molecule has 37 heavy (non-hydrogen) atoms. The lowest BCUT2D eigenvalue weighted by atomic mass is 10.0. The predicted octanol–water partition coefficient (Wildman–Crippen LogP) is 2.61. The minimum absolute atomic E-state index is 0.00844. The Bertz CT molecular complexity index is 1330. The molecule has 0 unspecified atom stereocenters. The molecule has 3 aliphatic rings. The molecule has 10 nitrogen and oxygen atoms in total. The van der Waals surface area contributed by atoms with Crippen molar-refractivity contribution in [1.82, 2.24) is 20.5 Å². The first-order valence-corrected chi connectivity index (χ1v) is 12.8. The van der Waals surface area contributed by atoms with Gasteiger partial charge in [0.1, 0.15) is 5.69 Å². The minimum atomic E-state index is -0.624. The quantitative estimate of drug-likeness (QED) is 0.372. The lowest BCUT2D eigenvalue weighted by Crippen LogP contribution is -2.53. The van der Waals surface area contributed by atoms with E-state index in [2.05, 4.69) is 32.5 Å². The van der Waals surface area contributed by atoms with E-state index in [0.29, 0.717) is 41.4 Å². The Balaban J connectivity index is 1.35. The van der Waals surface area contributed by atoms with Crippen LogP contribution in [0.1, 0.15) is 28.8 Å². The molecule has 2 aromatic carbocycles. The molecule has 2 aliphatic heterocycles. The number of H-pyrrole nitrogens is 1. The van der Waals surface area contributed by atoms with Gasteiger partial charge in [-0.05, 0) is 31.0 Å². The average molecular weight is 502 g/mol. The van der Waals surface area contributed by atoms with E-state index in [1.54, 1.807) is 13.2 Å². The Morgan fingerprint density at radius 1 is 1.14 bits per heavy atom. The second-order valence-electron chi connectivity index (χ2n) is 9.70. The first-order chi connectivity index (χ1) is 18.1. The van der Waals surface area contributed by atoms with Gasteiger partial charge in [-0.25, -0.2) is 14.8 Å². The Morgan fingerprint density at radius 3 is 2.65 bits per heavy atom. The molecule has 0 bridgehead atoms. The summed E-state index contributed by atoms with van der Waals surface area (Å²) < 4.78 is 5.38. The second-order valence-corrected chi connectivity index (χ2v) is 9.70. The number of urea groups is 1. The van der Waals surface area contributed by atoms with Crippen molar-refractivity contribution >= 4 is 23.2 Å². The zero-order valence-corrected chi connectivity index (χ0v) is 20.9. The lowest BCUT2D eigenvalue weighted by molar-refractivity contribution is 0.103. The summed E-state index contributed by atoms with van der Waals surface area (Å²) in [7, 11) is 1.64. The van der Waals surface area contributed by atoms with Crippen molar-refractivity contribution in [2.75, 3.05) is 56.3 Å². The van der Waals surface area contributed by atoms with Crippen molar-refractivity contribution in [3.8, 4) is 22.5 Å². The number of rotatable bonds is 6. The van der Waals surface area contributed by atoms with Crippen molar-refractivity contribution < 1.29 is 14.3 Å². The average Bonchev–Trinajstić information content (AvgIpc) is 3.63. The van der Waals surface area contributed by atoms with Crippen molar-refractivity contribution in [3.05, 3.63) is 53.6 Å². The number of nitrogens with one attached hydrogen (secondary N) is 2. The maximum atomic E-state index is 13.9. The number of nitrogens with zero attached hydrogens (tertiary/aromatic N) is 4. The molecular formula is C27H31N7O3. The summed E-state index contributed by atoms with van der Waals surface area (Å²) in [5, 5.41) is 14.4. The Morgan fingerprint density at radius 2 is 1.92 bits per heavy atom. The van der Waals surface area contributed by atoms with Crippen LogP contribution in [0.2, 0.25) is 0 Å². The number of carbonyl (C=O) groups is 2. The molecule has 0 saturated carbocycles. The molecular weight excluding hydrogens is 470 g/mol. The summed E-state index contributed by atoms with van der Waals surface area (Å²) in [6, 6.07) is 13.1. The van der Waals surface area contributed by atoms with Crippen LogP contribution in [0.3, 0.4) is 0 Å². The van der Waals surface area contributed by atoms with E-state index < -0.39 is 6.03 Å². The van der Waals surface area contributed by atoms with Gasteiger partial charge in [-0.2, -0.15) is 5.10 Å². The van der Waals surface area contributed by atoms with E-state index in [4.69, 9.17) is 10.5 Å². The van der Waals surface area contributed by atoms with Gasteiger partial charge in [-0.1, -0.05) is 24.3 Å². The van der Waals surface area contributed by atoms with Gasteiger partial charge in [-0.15, -0.1) is 0 Å². The van der Waals surface area contributed by atoms with Crippen LogP contribution in [0.5, 0.6) is 0 Å². The number of nitrogens with two attached hydrogens (primary N) is 1. The third-order valence-corrected chi connectivity index (χ3v) is 7.55. The van der Waals surface area contributed by atoms with E-state index in [-0.39, 0.29) is 11.8 Å². The van der Waals surface area contributed by atoms with E-state index in [9.17, 15) is 9.59 Å².